The molecular formula is C20H23F3N4O3. The number of alkyl halides is 2. The topological polar surface area (TPSA) is 67.7 Å². The lowest BCUT2D eigenvalue weighted by molar-refractivity contribution is -0.132. The van der Waals surface area contributed by atoms with Gasteiger partial charge >= 0.3 is 5.97 Å². The van der Waals surface area contributed by atoms with Gasteiger partial charge in [0, 0.05) is 26.2 Å². The van der Waals surface area contributed by atoms with E-state index in [0.717, 1.165) is 16.4 Å². The highest BCUT2D eigenvalue weighted by Crippen LogP contribution is 2.24. The van der Waals surface area contributed by atoms with Gasteiger partial charge in [0.05, 0.1) is 25.9 Å². The van der Waals surface area contributed by atoms with Crippen LogP contribution >= 0.6 is 0 Å². The quantitative estimate of drug-likeness (QED) is 0.639. The molecule has 1 fully saturated rings. The minimum absolute atomic E-state index is 0.0711. The fourth-order valence-electron chi connectivity index (χ4n) is 3.32. The molecule has 1 aliphatic rings. The van der Waals surface area contributed by atoms with Crippen LogP contribution in [0.5, 0.6) is 0 Å². The Labute approximate surface area is 172 Å². The van der Waals surface area contributed by atoms with Crippen molar-refractivity contribution in [3.05, 3.63) is 53.1 Å². The second-order valence-electron chi connectivity index (χ2n) is 6.91. The number of nitrogens with zero attached hydrogens (tertiary/aromatic N) is 4. The molecule has 1 aliphatic heterocycles. The summed E-state index contributed by atoms with van der Waals surface area (Å²) in [7, 11) is 0. The SMILES string of the molecule is CCOC(=O)c1cnn(CN2CCN(C(=O)Cc3ccc(F)cc3)CC2)c1C(F)F. The average Bonchev–Trinajstić information content (AvgIpc) is 3.14. The van der Waals surface area contributed by atoms with Gasteiger partial charge in [-0.2, -0.15) is 5.10 Å². The predicted molar refractivity (Wildman–Crippen MR) is 101 cm³/mol. The molecule has 3 rings (SSSR count). The second-order valence-corrected chi connectivity index (χ2v) is 6.91. The molecule has 1 amide bonds. The molecule has 1 saturated heterocycles. The van der Waals surface area contributed by atoms with E-state index in [0.29, 0.717) is 26.2 Å². The molecule has 1 aromatic heterocycles. The van der Waals surface area contributed by atoms with Crippen LogP contribution in [0.1, 0.15) is 35.0 Å². The molecule has 30 heavy (non-hydrogen) atoms. The zero-order valence-corrected chi connectivity index (χ0v) is 16.6. The number of piperazine rings is 1. The first-order chi connectivity index (χ1) is 14.4. The standard InChI is InChI=1S/C20H23F3N4O3/c1-2-30-20(29)16-12-24-27(18(16)19(22)23)13-25-7-9-26(10-8-25)17(28)11-14-3-5-15(21)6-4-14/h3-6,12,19H,2,7-11,13H2,1H3. The van der Waals surface area contributed by atoms with E-state index in [4.69, 9.17) is 4.74 Å². The number of esters is 1. The first-order valence-corrected chi connectivity index (χ1v) is 9.64. The summed E-state index contributed by atoms with van der Waals surface area (Å²) in [6.45, 7) is 3.60. The summed E-state index contributed by atoms with van der Waals surface area (Å²) in [5.41, 5.74) is 0.0247. The van der Waals surface area contributed by atoms with Crippen molar-refractivity contribution in [1.82, 2.24) is 19.6 Å². The number of hydrogen-bond donors (Lipinski definition) is 0. The molecule has 0 unspecified atom stereocenters. The van der Waals surface area contributed by atoms with Gasteiger partial charge in [0.2, 0.25) is 5.91 Å². The third kappa shape index (κ3) is 5.18. The van der Waals surface area contributed by atoms with Crippen LogP contribution in [0.15, 0.2) is 30.5 Å². The van der Waals surface area contributed by atoms with E-state index in [9.17, 15) is 22.8 Å². The van der Waals surface area contributed by atoms with E-state index < -0.39 is 18.1 Å². The van der Waals surface area contributed by atoms with Crippen LogP contribution in [0.3, 0.4) is 0 Å². The van der Waals surface area contributed by atoms with E-state index in [1.165, 1.54) is 12.1 Å². The molecule has 2 heterocycles. The van der Waals surface area contributed by atoms with Gasteiger partial charge in [-0.15, -0.1) is 0 Å². The first-order valence-electron chi connectivity index (χ1n) is 9.64. The smallest absolute Gasteiger partial charge is 0.341 e. The zero-order chi connectivity index (χ0) is 21.7. The fraction of sp³-hybridized carbons (Fsp3) is 0.450. The molecule has 10 heteroatoms. The summed E-state index contributed by atoms with van der Waals surface area (Å²) < 4.78 is 45.9. The summed E-state index contributed by atoms with van der Waals surface area (Å²) in [6.07, 6.45) is -1.59. The number of carbonyl (C=O) groups excluding carboxylic acids is 2. The Balaban J connectivity index is 1.57. The van der Waals surface area contributed by atoms with Crippen LogP contribution in [0.25, 0.3) is 0 Å². The van der Waals surface area contributed by atoms with Gasteiger partial charge in [-0.05, 0) is 24.6 Å². The minimum Gasteiger partial charge on any atom is -0.462 e. The summed E-state index contributed by atoms with van der Waals surface area (Å²) in [5, 5.41) is 3.93. The molecule has 0 atom stereocenters. The second kappa shape index (κ2) is 9.75. The third-order valence-electron chi connectivity index (χ3n) is 4.91. The Kier molecular flexibility index (Phi) is 7.09. The van der Waals surface area contributed by atoms with Crippen molar-refractivity contribution in [3.63, 3.8) is 0 Å². The Hall–Kier alpha value is -2.88. The lowest BCUT2D eigenvalue weighted by atomic mass is 10.1. The maximum Gasteiger partial charge on any atom is 0.341 e. The van der Waals surface area contributed by atoms with Gasteiger partial charge in [0.1, 0.15) is 17.1 Å². The molecule has 0 radical (unpaired) electrons. The number of amides is 1. The predicted octanol–water partition coefficient (Wildman–Crippen LogP) is 2.48. The van der Waals surface area contributed by atoms with Gasteiger partial charge in [-0.1, -0.05) is 12.1 Å². The molecular weight excluding hydrogens is 401 g/mol. The average molecular weight is 424 g/mol. The van der Waals surface area contributed by atoms with Crippen molar-refractivity contribution >= 4 is 11.9 Å². The van der Waals surface area contributed by atoms with E-state index >= 15 is 0 Å². The molecule has 7 nitrogen and oxygen atoms in total. The Morgan fingerprint density at radius 1 is 1.13 bits per heavy atom. The van der Waals surface area contributed by atoms with Crippen LogP contribution in [-0.4, -0.2) is 64.2 Å². The van der Waals surface area contributed by atoms with Gasteiger partial charge in [0.15, 0.2) is 0 Å². The highest BCUT2D eigenvalue weighted by atomic mass is 19.3. The summed E-state index contributed by atoms with van der Waals surface area (Å²) in [6, 6.07) is 5.79. The van der Waals surface area contributed by atoms with Crippen molar-refractivity contribution in [1.29, 1.82) is 0 Å². The molecule has 0 bridgehead atoms. The Morgan fingerprint density at radius 2 is 1.80 bits per heavy atom. The largest absolute Gasteiger partial charge is 0.462 e. The van der Waals surface area contributed by atoms with Crippen molar-refractivity contribution in [3.8, 4) is 0 Å². The highest BCUT2D eigenvalue weighted by molar-refractivity contribution is 5.90. The van der Waals surface area contributed by atoms with Crippen LogP contribution < -0.4 is 0 Å². The number of benzene rings is 1. The number of carbonyl (C=O) groups is 2. The molecule has 162 valence electrons. The normalized spacial score (nSPS) is 14.9. The maximum absolute atomic E-state index is 13.5. The molecule has 2 aromatic rings. The van der Waals surface area contributed by atoms with Crippen molar-refractivity contribution in [2.45, 2.75) is 26.4 Å². The van der Waals surface area contributed by atoms with Gasteiger partial charge in [-0.25, -0.2) is 22.6 Å². The molecule has 0 saturated carbocycles. The summed E-state index contributed by atoms with van der Waals surface area (Å²) >= 11 is 0. The monoisotopic (exact) mass is 424 g/mol. The lowest BCUT2D eigenvalue weighted by Crippen LogP contribution is -2.49. The number of halogens is 3. The highest BCUT2D eigenvalue weighted by Gasteiger charge is 2.28. The molecule has 0 N–H and O–H groups in total. The zero-order valence-electron chi connectivity index (χ0n) is 16.6. The minimum atomic E-state index is -2.87. The van der Waals surface area contributed by atoms with Crippen LogP contribution in [0.2, 0.25) is 0 Å². The van der Waals surface area contributed by atoms with Crippen molar-refractivity contribution in [2.75, 3.05) is 32.8 Å². The van der Waals surface area contributed by atoms with E-state index in [-0.39, 0.29) is 37.0 Å². The lowest BCUT2D eigenvalue weighted by Gasteiger charge is -2.34. The van der Waals surface area contributed by atoms with E-state index in [1.54, 1.807) is 24.0 Å². The Bertz CT molecular complexity index is 878. The number of aromatic nitrogens is 2. The van der Waals surface area contributed by atoms with Gasteiger partial charge < -0.3 is 9.64 Å². The van der Waals surface area contributed by atoms with Crippen LogP contribution in [0.4, 0.5) is 13.2 Å². The third-order valence-corrected chi connectivity index (χ3v) is 4.91. The molecule has 1 aromatic carbocycles. The first kappa shape index (κ1) is 21.8. The summed E-state index contributed by atoms with van der Waals surface area (Å²) in [4.78, 5) is 27.9. The number of ether oxygens (including phenoxy) is 1. The maximum atomic E-state index is 13.5. The van der Waals surface area contributed by atoms with Crippen LogP contribution in [0, 0.1) is 5.82 Å². The molecule has 0 aliphatic carbocycles. The van der Waals surface area contributed by atoms with Crippen molar-refractivity contribution < 1.29 is 27.5 Å². The fourth-order valence-corrected chi connectivity index (χ4v) is 3.32. The van der Waals surface area contributed by atoms with E-state index in [1.807, 2.05) is 4.90 Å². The van der Waals surface area contributed by atoms with Gasteiger partial charge in [0.25, 0.3) is 6.43 Å². The van der Waals surface area contributed by atoms with Crippen LogP contribution in [-0.2, 0) is 22.6 Å². The van der Waals surface area contributed by atoms with Crippen molar-refractivity contribution in [2.24, 2.45) is 0 Å². The molecule has 0 spiro atoms. The van der Waals surface area contributed by atoms with Gasteiger partial charge in [-0.3, -0.25) is 9.69 Å². The Morgan fingerprint density at radius 3 is 2.40 bits per heavy atom. The number of rotatable bonds is 7. The number of hydrogen-bond acceptors (Lipinski definition) is 5. The summed E-state index contributed by atoms with van der Waals surface area (Å²) in [5.74, 6) is -1.25. The van der Waals surface area contributed by atoms with E-state index in [2.05, 4.69) is 5.10 Å².